The maximum atomic E-state index is 13.3. The lowest BCUT2D eigenvalue weighted by molar-refractivity contribution is 0.414. The smallest absolute Gasteiger partial charge is 0.191 e. The molecule has 0 bridgehead atoms. The molecule has 0 aliphatic rings. The molecule has 3 rings (SSSR count). The highest BCUT2D eigenvalue weighted by Crippen LogP contribution is 2.23. The Kier molecular flexibility index (Phi) is 6.07. The summed E-state index contributed by atoms with van der Waals surface area (Å²) in [6, 6.07) is 14.5. The van der Waals surface area contributed by atoms with E-state index in [-0.39, 0.29) is 5.82 Å². The average molecular weight is 369 g/mol. The number of halogens is 1. The zero-order valence-corrected chi connectivity index (χ0v) is 15.4. The molecule has 0 fully saturated rings. The Labute approximate surface area is 156 Å². The van der Waals surface area contributed by atoms with Crippen molar-refractivity contribution >= 4 is 11.8 Å². The summed E-state index contributed by atoms with van der Waals surface area (Å²) in [6.07, 6.45) is 2.50. The molecule has 0 spiro atoms. The van der Waals surface area contributed by atoms with Crippen LogP contribution >= 0.6 is 11.8 Å². The van der Waals surface area contributed by atoms with Crippen LogP contribution in [0.1, 0.15) is 17.0 Å². The lowest BCUT2D eigenvalue weighted by Gasteiger charge is -2.08. The van der Waals surface area contributed by atoms with Gasteiger partial charge in [-0.05, 0) is 35.4 Å². The largest absolute Gasteiger partial charge is 0.497 e. The van der Waals surface area contributed by atoms with E-state index >= 15 is 0 Å². The van der Waals surface area contributed by atoms with E-state index in [0.717, 1.165) is 27.9 Å². The second kappa shape index (κ2) is 8.67. The monoisotopic (exact) mass is 369 g/mol. The molecule has 0 aliphatic carbocycles. The summed E-state index contributed by atoms with van der Waals surface area (Å²) >= 11 is 1.54. The molecule has 134 valence electrons. The predicted octanol–water partition coefficient (Wildman–Crippen LogP) is 4.49. The minimum absolute atomic E-state index is 0.226. The van der Waals surface area contributed by atoms with Crippen molar-refractivity contribution in [2.24, 2.45) is 0 Å². The number of ether oxygens (including phenoxy) is 1. The van der Waals surface area contributed by atoms with Crippen molar-refractivity contribution in [2.45, 2.75) is 23.9 Å². The molecule has 0 unspecified atom stereocenters. The zero-order chi connectivity index (χ0) is 18.4. The fourth-order valence-corrected chi connectivity index (χ4v) is 3.48. The maximum Gasteiger partial charge on any atom is 0.191 e. The molecule has 4 nitrogen and oxygen atoms in total. The average Bonchev–Trinajstić information content (AvgIpc) is 3.03. The molecular formula is C20H20FN3OS. The molecule has 0 saturated heterocycles. The number of benzene rings is 2. The number of thioether (sulfide) groups is 1. The van der Waals surface area contributed by atoms with Gasteiger partial charge in [0.2, 0.25) is 0 Å². The van der Waals surface area contributed by atoms with Crippen LogP contribution in [-0.2, 0) is 18.7 Å². The van der Waals surface area contributed by atoms with Gasteiger partial charge < -0.3 is 9.30 Å². The van der Waals surface area contributed by atoms with Crippen molar-refractivity contribution in [2.75, 3.05) is 7.11 Å². The van der Waals surface area contributed by atoms with Gasteiger partial charge in [-0.2, -0.15) is 0 Å². The van der Waals surface area contributed by atoms with Crippen LogP contribution in [0, 0.1) is 5.82 Å². The van der Waals surface area contributed by atoms with E-state index in [4.69, 9.17) is 4.74 Å². The van der Waals surface area contributed by atoms with Gasteiger partial charge in [-0.1, -0.05) is 42.1 Å². The van der Waals surface area contributed by atoms with Gasteiger partial charge in [-0.15, -0.1) is 16.8 Å². The first kappa shape index (κ1) is 18.2. The molecule has 0 saturated carbocycles. The highest BCUT2D eigenvalue weighted by molar-refractivity contribution is 7.98. The van der Waals surface area contributed by atoms with Crippen molar-refractivity contribution in [3.05, 3.63) is 84.0 Å². The van der Waals surface area contributed by atoms with E-state index in [2.05, 4.69) is 16.8 Å². The van der Waals surface area contributed by atoms with Crippen LogP contribution < -0.4 is 4.74 Å². The van der Waals surface area contributed by atoms with E-state index in [1.165, 1.54) is 6.07 Å². The Bertz CT molecular complexity index is 877. The topological polar surface area (TPSA) is 39.9 Å². The molecule has 0 amide bonds. The number of aromatic nitrogens is 3. The fourth-order valence-electron chi connectivity index (χ4n) is 2.57. The minimum atomic E-state index is -0.226. The Morgan fingerprint density at radius 2 is 1.96 bits per heavy atom. The summed E-state index contributed by atoms with van der Waals surface area (Å²) in [5, 5.41) is 9.46. The number of hydrogen-bond donors (Lipinski definition) is 0. The molecule has 26 heavy (non-hydrogen) atoms. The molecule has 0 radical (unpaired) electrons. The Morgan fingerprint density at radius 3 is 2.65 bits per heavy atom. The molecule has 3 aromatic rings. The molecule has 1 aromatic heterocycles. The third kappa shape index (κ3) is 4.52. The fraction of sp³-hybridized carbons (Fsp3) is 0.200. The molecular weight excluding hydrogens is 349 g/mol. The summed E-state index contributed by atoms with van der Waals surface area (Å²) in [7, 11) is 1.65. The van der Waals surface area contributed by atoms with Crippen LogP contribution in [0.25, 0.3) is 0 Å². The number of methoxy groups -OCH3 is 1. The van der Waals surface area contributed by atoms with Gasteiger partial charge in [0.1, 0.15) is 17.4 Å². The van der Waals surface area contributed by atoms with E-state index in [1.54, 1.807) is 31.0 Å². The maximum absolute atomic E-state index is 13.3. The normalized spacial score (nSPS) is 10.7. The lowest BCUT2D eigenvalue weighted by Crippen LogP contribution is -2.05. The first-order valence-corrected chi connectivity index (χ1v) is 9.21. The van der Waals surface area contributed by atoms with E-state index in [0.29, 0.717) is 18.7 Å². The van der Waals surface area contributed by atoms with Gasteiger partial charge in [0, 0.05) is 18.7 Å². The minimum Gasteiger partial charge on any atom is -0.497 e. The predicted molar refractivity (Wildman–Crippen MR) is 102 cm³/mol. The second-order valence-electron chi connectivity index (χ2n) is 5.74. The molecule has 2 aromatic carbocycles. The van der Waals surface area contributed by atoms with Crippen LogP contribution in [0.2, 0.25) is 0 Å². The van der Waals surface area contributed by atoms with E-state index < -0.39 is 0 Å². The number of rotatable bonds is 8. The number of nitrogens with zero attached hydrogens (tertiary/aromatic N) is 3. The summed E-state index contributed by atoms with van der Waals surface area (Å²) in [4.78, 5) is 0. The second-order valence-corrected chi connectivity index (χ2v) is 6.68. The Balaban J connectivity index is 1.75. The first-order chi connectivity index (χ1) is 12.7. The molecule has 0 N–H and O–H groups in total. The summed E-state index contributed by atoms with van der Waals surface area (Å²) in [5.41, 5.74) is 2.05. The Hall–Kier alpha value is -2.60. The standard InChI is InChI=1S/C20H20FN3OS/c1-3-11-24-19(13-15-7-9-18(25-2)10-8-15)22-23-20(24)26-14-16-5-4-6-17(21)12-16/h3-10,12H,1,11,13-14H2,2H3. The van der Waals surface area contributed by atoms with E-state index in [1.807, 2.05) is 41.0 Å². The van der Waals surface area contributed by atoms with Crippen molar-refractivity contribution in [3.63, 3.8) is 0 Å². The summed E-state index contributed by atoms with van der Waals surface area (Å²) < 4.78 is 20.6. The van der Waals surface area contributed by atoms with Gasteiger partial charge in [0.15, 0.2) is 5.16 Å². The highest BCUT2D eigenvalue weighted by Gasteiger charge is 2.12. The molecule has 0 aliphatic heterocycles. The quantitative estimate of drug-likeness (QED) is 0.433. The number of hydrogen-bond acceptors (Lipinski definition) is 4. The zero-order valence-electron chi connectivity index (χ0n) is 14.6. The van der Waals surface area contributed by atoms with Gasteiger partial charge >= 0.3 is 0 Å². The van der Waals surface area contributed by atoms with Crippen LogP contribution in [0.15, 0.2) is 66.3 Å². The third-order valence-corrected chi connectivity index (χ3v) is 4.92. The summed E-state index contributed by atoms with van der Waals surface area (Å²) in [5.74, 6) is 2.11. The molecule has 6 heteroatoms. The van der Waals surface area contributed by atoms with Crippen LogP contribution in [0.3, 0.4) is 0 Å². The highest BCUT2D eigenvalue weighted by atomic mass is 32.2. The van der Waals surface area contributed by atoms with E-state index in [9.17, 15) is 4.39 Å². The van der Waals surface area contributed by atoms with Crippen molar-refractivity contribution < 1.29 is 9.13 Å². The lowest BCUT2D eigenvalue weighted by atomic mass is 10.1. The first-order valence-electron chi connectivity index (χ1n) is 8.22. The van der Waals surface area contributed by atoms with Gasteiger partial charge in [0.25, 0.3) is 0 Å². The van der Waals surface area contributed by atoms with Gasteiger partial charge in [0.05, 0.1) is 7.11 Å². The van der Waals surface area contributed by atoms with Crippen molar-refractivity contribution in [1.29, 1.82) is 0 Å². The van der Waals surface area contributed by atoms with Gasteiger partial charge in [-0.25, -0.2) is 4.39 Å². The SMILES string of the molecule is C=CCn1c(Cc2ccc(OC)cc2)nnc1SCc1cccc(F)c1. The van der Waals surface area contributed by atoms with Crippen LogP contribution in [0.4, 0.5) is 4.39 Å². The molecule has 0 atom stereocenters. The number of allylic oxidation sites excluding steroid dienone is 1. The third-order valence-electron chi connectivity index (χ3n) is 3.88. The Morgan fingerprint density at radius 1 is 1.15 bits per heavy atom. The van der Waals surface area contributed by atoms with Crippen LogP contribution in [-0.4, -0.2) is 21.9 Å². The molecule has 1 heterocycles. The van der Waals surface area contributed by atoms with Crippen molar-refractivity contribution in [1.82, 2.24) is 14.8 Å². The van der Waals surface area contributed by atoms with Crippen LogP contribution in [0.5, 0.6) is 5.75 Å². The summed E-state index contributed by atoms with van der Waals surface area (Å²) in [6.45, 7) is 4.45. The van der Waals surface area contributed by atoms with Crippen molar-refractivity contribution in [3.8, 4) is 5.75 Å². The van der Waals surface area contributed by atoms with Gasteiger partial charge in [-0.3, -0.25) is 0 Å².